The zero-order valence-corrected chi connectivity index (χ0v) is 30.2. The van der Waals surface area contributed by atoms with Gasteiger partial charge in [-0.3, -0.25) is 8.97 Å². The van der Waals surface area contributed by atoms with Gasteiger partial charge in [0.1, 0.15) is 0 Å². The molecule has 0 spiro atoms. The minimum atomic E-state index is 0.570. The molecule has 4 heterocycles. The summed E-state index contributed by atoms with van der Waals surface area (Å²) in [5.74, 6) is 1.82. The topological polar surface area (TPSA) is 60.9 Å². The van der Waals surface area contributed by atoms with Crippen LogP contribution in [0.25, 0.3) is 99.3 Å². The molecule has 0 atom stereocenters. The first-order valence-electron chi connectivity index (χ1n) is 18.2. The predicted molar refractivity (Wildman–Crippen MR) is 225 cm³/mol. The van der Waals surface area contributed by atoms with Crippen molar-refractivity contribution >= 4 is 48.3 Å². The Morgan fingerprint density at radius 1 is 0.382 bits per heavy atom. The summed E-state index contributed by atoms with van der Waals surface area (Å²) in [6.45, 7) is 0. The van der Waals surface area contributed by atoms with Crippen LogP contribution in [0.1, 0.15) is 0 Å². The SMILES string of the molecule is c1ccc(-c2ccc3sc4nc(-c5ccccc5)c(-c5ccc6c(c5)c5ccccc5n6-c5nc(-c6ccccc6)nc(-c6ccccc6)n5)n4c3c2)cc1. The molecule has 0 bridgehead atoms. The number of aromatic nitrogens is 6. The highest BCUT2D eigenvalue weighted by Gasteiger charge is 2.23. The van der Waals surface area contributed by atoms with Crippen molar-refractivity contribution in [2.45, 2.75) is 0 Å². The Balaban J connectivity index is 1.17. The highest BCUT2D eigenvalue weighted by Crippen LogP contribution is 2.42. The lowest BCUT2D eigenvalue weighted by molar-refractivity contribution is 0.953. The van der Waals surface area contributed by atoms with Crippen LogP contribution in [0.4, 0.5) is 0 Å². The normalized spacial score (nSPS) is 11.6. The van der Waals surface area contributed by atoms with Crippen molar-refractivity contribution < 1.29 is 0 Å². The van der Waals surface area contributed by atoms with Gasteiger partial charge in [-0.1, -0.05) is 163 Å². The molecular weight excluding hydrogens is 693 g/mol. The molecule has 0 saturated carbocycles. The predicted octanol–water partition coefficient (Wildman–Crippen LogP) is 12.2. The molecule has 0 fully saturated rings. The fourth-order valence-electron chi connectivity index (χ4n) is 7.68. The molecule has 0 aliphatic rings. The van der Waals surface area contributed by atoms with E-state index in [1.54, 1.807) is 11.3 Å². The molecule has 55 heavy (non-hydrogen) atoms. The van der Waals surface area contributed by atoms with Gasteiger partial charge >= 0.3 is 0 Å². The average Bonchev–Trinajstić information content (AvgIpc) is 3.92. The summed E-state index contributed by atoms with van der Waals surface area (Å²) in [4.78, 5) is 21.5. The van der Waals surface area contributed by atoms with Crippen LogP contribution in [-0.4, -0.2) is 28.9 Å². The number of hydrogen-bond donors (Lipinski definition) is 0. The van der Waals surface area contributed by atoms with Crippen molar-refractivity contribution in [3.63, 3.8) is 0 Å². The molecule has 11 rings (SSSR count). The quantitative estimate of drug-likeness (QED) is 0.171. The Bertz CT molecular complexity index is 3130. The van der Waals surface area contributed by atoms with Crippen molar-refractivity contribution in [3.05, 3.63) is 182 Å². The van der Waals surface area contributed by atoms with Gasteiger partial charge in [-0.25, -0.2) is 9.97 Å². The first-order chi connectivity index (χ1) is 27.3. The number of nitrogens with zero attached hydrogens (tertiary/aromatic N) is 6. The van der Waals surface area contributed by atoms with E-state index in [1.807, 2.05) is 60.7 Å². The van der Waals surface area contributed by atoms with Gasteiger partial charge in [-0.05, 0) is 41.5 Å². The van der Waals surface area contributed by atoms with Crippen molar-refractivity contribution in [2.75, 3.05) is 0 Å². The van der Waals surface area contributed by atoms with E-state index in [4.69, 9.17) is 19.9 Å². The first-order valence-corrected chi connectivity index (χ1v) is 19.1. The summed E-state index contributed by atoms with van der Waals surface area (Å²) in [6, 6.07) is 63.3. The summed E-state index contributed by atoms with van der Waals surface area (Å²) in [5.41, 5.74) is 11.6. The summed E-state index contributed by atoms with van der Waals surface area (Å²) < 4.78 is 5.71. The van der Waals surface area contributed by atoms with Gasteiger partial charge in [-0.15, -0.1) is 0 Å². The van der Waals surface area contributed by atoms with Gasteiger partial charge in [0.25, 0.3) is 0 Å². The van der Waals surface area contributed by atoms with E-state index in [2.05, 4.69) is 130 Å². The third kappa shape index (κ3) is 5.24. The van der Waals surface area contributed by atoms with E-state index in [0.717, 1.165) is 65.9 Å². The van der Waals surface area contributed by atoms with Crippen molar-refractivity contribution in [1.29, 1.82) is 0 Å². The Labute approximate surface area is 320 Å². The zero-order valence-electron chi connectivity index (χ0n) is 29.4. The number of hydrogen-bond acceptors (Lipinski definition) is 5. The number of fused-ring (bicyclic) bond motifs is 6. The van der Waals surface area contributed by atoms with E-state index < -0.39 is 0 Å². The molecule has 6 nitrogen and oxygen atoms in total. The molecule has 258 valence electrons. The molecule has 0 radical (unpaired) electrons. The van der Waals surface area contributed by atoms with Crippen LogP contribution in [-0.2, 0) is 0 Å². The van der Waals surface area contributed by atoms with Gasteiger partial charge in [0.15, 0.2) is 16.6 Å². The number of imidazole rings is 1. The molecule has 0 aliphatic carbocycles. The lowest BCUT2D eigenvalue weighted by Crippen LogP contribution is -2.06. The van der Waals surface area contributed by atoms with Gasteiger partial charge in [0.2, 0.25) is 5.95 Å². The van der Waals surface area contributed by atoms with E-state index in [-0.39, 0.29) is 0 Å². The van der Waals surface area contributed by atoms with Gasteiger partial charge < -0.3 is 0 Å². The largest absolute Gasteiger partial charge is 0.282 e. The summed E-state index contributed by atoms with van der Waals surface area (Å²) in [6.07, 6.45) is 0. The van der Waals surface area contributed by atoms with E-state index in [0.29, 0.717) is 17.6 Å². The van der Waals surface area contributed by atoms with E-state index >= 15 is 0 Å². The van der Waals surface area contributed by atoms with Crippen LogP contribution in [0.3, 0.4) is 0 Å². The highest BCUT2D eigenvalue weighted by atomic mass is 32.1. The Morgan fingerprint density at radius 3 is 1.62 bits per heavy atom. The number of rotatable bonds is 6. The minimum Gasteiger partial charge on any atom is -0.282 e. The molecule has 0 unspecified atom stereocenters. The fourth-order valence-corrected chi connectivity index (χ4v) is 8.68. The second kappa shape index (κ2) is 12.7. The van der Waals surface area contributed by atoms with Crippen LogP contribution < -0.4 is 0 Å². The number of thiazole rings is 1. The van der Waals surface area contributed by atoms with Crippen LogP contribution in [0.5, 0.6) is 0 Å². The summed E-state index contributed by atoms with van der Waals surface area (Å²) in [5, 5.41) is 2.22. The molecule has 7 heteroatoms. The smallest absolute Gasteiger partial charge is 0.238 e. The van der Waals surface area contributed by atoms with E-state index in [9.17, 15) is 0 Å². The maximum absolute atomic E-state index is 5.32. The second-order valence-electron chi connectivity index (χ2n) is 13.5. The van der Waals surface area contributed by atoms with Crippen molar-refractivity contribution in [3.8, 4) is 62.4 Å². The standard InChI is InChI=1S/C48H30N6S/c1-5-15-31(16-6-1)35-26-28-42-41(30-35)54-44(43(49-48(54)55-42)32-17-7-2-8-18-32)36-25-27-40-38(29-36)37-23-13-14-24-39(37)53(40)47-51-45(33-19-9-3-10-20-33)50-46(52-47)34-21-11-4-12-22-34/h1-30H. The zero-order chi connectivity index (χ0) is 36.3. The Morgan fingerprint density at radius 2 is 0.945 bits per heavy atom. The van der Waals surface area contributed by atoms with Crippen molar-refractivity contribution in [1.82, 2.24) is 28.9 Å². The number of benzene rings is 7. The molecule has 7 aromatic carbocycles. The minimum absolute atomic E-state index is 0.570. The first kappa shape index (κ1) is 31.3. The lowest BCUT2D eigenvalue weighted by atomic mass is 10.0. The summed E-state index contributed by atoms with van der Waals surface area (Å²) in [7, 11) is 0. The van der Waals surface area contributed by atoms with Gasteiger partial charge in [0, 0.05) is 33.0 Å². The fraction of sp³-hybridized carbons (Fsp3) is 0. The molecule has 0 aliphatic heterocycles. The average molecular weight is 723 g/mol. The highest BCUT2D eigenvalue weighted by molar-refractivity contribution is 7.23. The molecular formula is C48H30N6S. The summed E-state index contributed by atoms with van der Waals surface area (Å²) >= 11 is 1.72. The molecule has 4 aromatic heterocycles. The third-order valence-corrected chi connectivity index (χ3v) is 11.3. The monoisotopic (exact) mass is 722 g/mol. The van der Waals surface area contributed by atoms with Crippen molar-refractivity contribution in [2.24, 2.45) is 0 Å². The maximum atomic E-state index is 5.32. The molecule has 0 N–H and O–H groups in total. The molecule has 0 amide bonds. The Kier molecular flexibility index (Phi) is 7.25. The van der Waals surface area contributed by atoms with E-state index in [1.165, 1.54) is 15.8 Å². The maximum Gasteiger partial charge on any atom is 0.238 e. The van der Waals surface area contributed by atoms with Crippen LogP contribution >= 0.6 is 11.3 Å². The molecule has 11 aromatic rings. The molecule has 0 saturated heterocycles. The second-order valence-corrected chi connectivity index (χ2v) is 14.6. The Hall–Kier alpha value is -7.22. The number of para-hydroxylation sites is 1. The third-order valence-electron chi connectivity index (χ3n) is 10.2. The van der Waals surface area contributed by atoms with Crippen LogP contribution in [0.2, 0.25) is 0 Å². The van der Waals surface area contributed by atoms with Crippen LogP contribution in [0.15, 0.2) is 182 Å². The van der Waals surface area contributed by atoms with Crippen LogP contribution in [0, 0.1) is 0 Å². The lowest BCUT2D eigenvalue weighted by Gasteiger charge is -2.11. The van der Waals surface area contributed by atoms with Gasteiger partial charge in [-0.2, -0.15) is 9.97 Å². The van der Waals surface area contributed by atoms with Gasteiger partial charge in [0.05, 0.1) is 32.6 Å².